The average Bonchev–Trinajstić information content (AvgIpc) is 2.54. The molecule has 0 aliphatic carbocycles. The highest BCUT2D eigenvalue weighted by molar-refractivity contribution is 7.88. The normalized spacial score (nSPS) is 18.2. The Balaban J connectivity index is 1.77. The molecule has 2 rings (SSSR count). The van der Waals surface area contributed by atoms with Crippen molar-refractivity contribution in [3.05, 3.63) is 34.7 Å². The standard InChI is InChI=1S/C15H23N3O5S/c1-24(22,23)18-8-5-12(6-9-18)15(21)16-10-13(19)11-17-7-3-2-4-14(17)20/h2-4,7,12-13,19H,5-6,8-11H2,1H3,(H,16,21). The Bertz CT molecular complexity index is 723. The molecule has 134 valence electrons. The summed E-state index contributed by atoms with van der Waals surface area (Å²) in [5.74, 6) is -0.447. The van der Waals surface area contributed by atoms with Gasteiger partial charge in [-0.05, 0) is 18.9 Å². The van der Waals surface area contributed by atoms with Gasteiger partial charge in [-0.15, -0.1) is 0 Å². The number of pyridine rings is 1. The molecule has 1 saturated heterocycles. The fourth-order valence-electron chi connectivity index (χ4n) is 2.72. The van der Waals surface area contributed by atoms with Crippen LogP contribution in [0.15, 0.2) is 29.2 Å². The molecule has 1 atom stereocenters. The lowest BCUT2D eigenvalue weighted by molar-refractivity contribution is -0.126. The minimum atomic E-state index is -3.21. The maximum absolute atomic E-state index is 12.1. The van der Waals surface area contributed by atoms with E-state index in [9.17, 15) is 23.1 Å². The third-order valence-corrected chi connectivity index (χ3v) is 5.42. The number of rotatable bonds is 6. The molecule has 24 heavy (non-hydrogen) atoms. The number of aromatic nitrogens is 1. The lowest BCUT2D eigenvalue weighted by Gasteiger charge is -2.29. The van der Waals surface area contributed by atoms with Crippen LogP contribution in [-0.2, 0) is 21.4 Å². The van der Waals surface area contributed by atoms with Crippen LogP contribution in [0.3, 0.4) is 0 Å². The van der Waals surface area contributed by atoms with E-state index in [1.54, 1.807) is 18.3 Å². The zero-order chi connectivity index (χ0) is 17.7. The van der Waals surface area contributed by atoms with Crippen LogP contribution in [0.1, 0.15) is 12.8 Å². The van der Waals surface area contributed by atoms with Gasteiger partial charge in [0.2, 0.25) is 15.9 Å². The van der Waals surface area contributed by atoms with Crippen molar-refractivity contribution in [3.8, 4) is 0 Å². The second-order valence-corrected chi connectivity index (χ2v) is 8.01. The molecule has 1 unspecified atom stereocenters. The third-order valence-electron chi connectivity index (χ3n) is 4.11. The molecule has 1 aromatic heterocycles. The molecule has 0 radical (unpaired) electrons. The van der Waals surface area contributed by atoms with Crippen LogP contribution in [0.5, 0.6) is 0 Å². The van der Waals surface area contributed by atoms with Gasteiger partial charge in [0, 0.05) is 37.8 Å². The van der Waals surface area contributed by atoms with Gasteiger partial charge in [-0.3, -0.25) is 9.59 Å². The van der Waals surface area contributed by atoms with E-state index >= 15 is 0 Å². The van der Waals surface area contributed by atoms with E-state index in [0.717, 1.165) is 6.26 Å². The summed E-state index contributed by atoms with van der Waals surface area (Å²) in [4.78, 5) is 23.7. The predicted octanol–water partition coefficient (Wildman–Crippen LogP) is -1.00. The Morgan fingerprint density at radius 2 is 2.04 bits per heavy atom. The Kier molecular flexibility index (Phi) is 6.14. The molecule has 2 N–H and O–H groups in total. The van der Waals surface area contributed by atoms with Gasteiger partial charge in [0.05, 0.1) is 18.9 Å². The molecule has 0 aromatic carbocycles. The molecular weight excluding hydrogens is 334 g/mol. The Morgan fingerprint density at radius 1 is 1.38 bits per heavy atom. The lowest BCUT2D eigenvalue weighted by atomic mass is 9.97. The van der Waals surface area contributed by atoms with Crippen molar-refractivity contribution >= 4 is 15.9 Å². The summed E-state index contributed by atoms with van der Waals surface area (Å²) in [5.41, 5.74) is -0.212. The first-order chi connectivity index (χ1) is 11.3. The van der Waals surface area contributed by atoms with E-state index in [0.29, 0.717) is 25.9 Å². The summed E-state index contributed by atoms with van der Waals surface area (Å²) in [6.07, 6.45) is 2.80. The van der Waals surface area contributed by atoms with E-state index < -0.39 is 16.1 Å². The number of amides is 1. The Morgan fingerprint density at radius 3 is 2.62 bits per heavy atom. The van der Waals surface area contributed by atoms with Crippen molar-refractivity contribution in [3.63, 3.8) is 0 Å². The summed E-state index contributed by atoms with van der Waals surface area (Å²) < 4.78 is 25.6. The summed E-state index contributed by atoms with van der Waals surface area (Å²) in [6.45, 7) is 0.816. The zero-order valence-electron chi connectivity index (χ0n) is 13.6. The van der Waals surface area contributed by atoms with Gasteiger partial charge in [0.25, 0.3) is 5.56 Å². The molecule has 0 bridgehead atoms. The minimum absolute atomic E-state index is 0.0481. The first kappa shape index (κ1) is 18.6. The van der Waals surface area contributed by atoms with E-state index in [2.05, 4.69) is 5.32 Å². The van der Waals surface area contributed by atoms with Gasteiger partial charge < -0.3 is 15.0 Å². The number of hydrogen-bond donors (Lipinski definition) is 2. The number of aliphatic hydroxyl groups is 1. The fraction of sp³-hybridized carbons (Fsp3) is 0.600. The van der Waals surface area contributed by atoms with Crippen molar-refractivity contribution in [2.24, 2.45) is 5.92 Å². The summed E-state index contributed by atoms with van der Waals surface area (Å²) >= 11 is 0. The van der Waals surface area contributed by atoms with Crippen molar-refractivity contribution < 1.29 is 18.3 Å². The van der Waals surface area contributed by atoms with Crippen LogP contribution in [0.2, 0.25) is 0 Å². The molecule has 1 aliphatic heterocycles. The molecule has 0 saturated carbocycles. The second-order valence-electron chi connectivity index (χ2n) is 6.03. The van der Waals surface area contributed by atoms with Crippen molar-refractivity contribution in [2.75, 3.05) is 25.9 Å². The number of aliphatic hydroxyl groups excluding tert-OH is 1. The van der Waals surface area contributed by atoms with Gasteiger partial charge in [-0.1, -0.05) is 6.07 Å². The molecule has 2 heterocycles. The topological polar surface area (TPSA) is 109 Å². The van der Waals surface area contributed by atoms with E-state index in [1.807, 2.05) is 0 Å². The second kappa shape index (κ2) is 7.91. The van der Waals surface area contributed by atoms with Crippen LogP contribution in [-0.4, -0.2) is 60.3 Å². The van der Waals surface area contributed by atoms with E-state index in [4.69, 9.17) is 0 Å². The predicted molar refractivity (Wildman–Crippen MR) is 88.9 cm³/mol. The van der Waals surface area contributed by atoms with Crippen LogP contribution < -0.4 is 10.9 Å². The van der Waals surface area contributed by atoms with Crippen LogP contribution >= 0.6 is 0 Å². The van der Waals surface area contributed by atoms with Gasteiger partial charge in [-0.25, -0.2) is 12.7 Å². The minimum Gasteiger partial charge on any atom is -0.389 e. The number of nitrogens with one attached hydrogen (secondary N) is 1. The van der Waals surface area contributed by atoms with Gasteiger partial charge in [-0.2, -0.15) is 0 Å². The maximum Gasteiger partial charge on any atom is 0.250 e. The van der Waals surface area contributed by atoms with Gasteiger partial charge in [0.15, 0.2) is 0 Å². The van der Waals surface area contributed by atoms with E-state index in [1.165, 1.54) is 14.9 Å². The smallest absolute Gasteiger partial charge is 0.250 e. The molecule has 1 fully saturated rings. The van der Waals surface area contributed by atoms with Crippen LogP contribution in [0.4, 0.5) is 0 Å². The van der Waals surface area contributed by atoms with Crippen molar-refractivity contribution in [2.45, 2.75) is 25.5 Å². The number of carbonyl (C=O) groups is 1. The van der Waals surface area contributed by atoms with Crippen LogP contribution in [0, 0.1) is 5.92 Å². The summed E-state index contributed by atoms with van der Waals surface area (Å²) in [5, 5.41) is 12.6. The fourth-order valence-corrected chi connectivity index (χ4v) is 3.59. The summed E-state index contributed by atoms with van der Waals surface area (Å²) in [6, 6.07) is 4.72. The van der Waals surface area contributed by atoms with E-state index in [-0.39, 0.29) is 30.5 Å². The highest BCUT2D eigenvalue weighted by Crippen LogP contribution is 2.19. The number of piperidine rings is 1. The van der Waals surface area contributed by atoms with Gasteiger partial charge >= 0.3 is 0 Å². The van der Waals surface area contributed by atoms with Crippen LogP contribution in [0.25, 0.3) is 0 Å². The zero-order valence-corrected chi connectivity index (χ0v) is 14.4. The SMILES string of the molecule is CS(=O)(=O)N1CCC(C(=O)NCC(O)Cn2ccccc2=O)CC1. The molecule has 0 spiro atoms. The van der Waals surface area contributed by atoms with Gasteiger partial charge in [0.1, 0.15) is 0 Å². The lowest BCUT2D eigenvalue weighted by Crippen LogP contribution is -2.44. The molecule has 1 aromatic rings. The molecule has 1 aliphatic rings. The number of sulfonamides is 1. The Labute approximate surface area is 141 Å². The average molecular weight is 357 g/mol. The molecule has 9 heteroatoms. The molecule has 8 nitrogen and oxygen atoms in total. The Hall–Kier alpha value is -1.71. The monoisotopic (exact) mass is 357 g/mol. The highest BCUT2D eigenvalue weighted by atomic mass is 32.2. The number of hydrogen-bond acceptors (Lipinski definition) is 5. The quantitative estimate of drug-likeness (QED) is 0.679. The highest BCUT2D eigenvalue weighted by Gasteiger charge is 2.28. The largest absolute Gasteiger partial charge is 0.389 e. The number of nitrogens with zero attached hydrogens (tertiary/aromatic N) is 2. The van der Waals surface area contributed by atoms with Crippen molar-refractivity contribution in [1.82, 2.24) is 14.2 Å². The first-order valence-electron chi connectivity index (χ1n) is 7.83. The molecular formula is C15H23N3O5S. The third kappa shape index (κ3) is 5.15. The summed E-state index contributed by atoms with van der Waals surface area (Å²) in [7, 11) is -3.21. The first-order valence-corrected chi connectivity index (χ1v) is 9.68. The molecule has 1 amide bonds. The number of carbonyl (C=O) groups excluding carboxylic acids is 1. The maximum atomic E-state index is 12.1. The van der Waals surface area contributed by atoms with Crippen molar-refractivity contribution in [1.29, 1.82) is 0 Å².